The quantitative estimate of drug-likeness (QED) is 0.626. The van der Waals surface area contributed by atoms with Gasteiger partial charge in [0.1, 0.15) is 5.75 Å². The first kappa shape index (κ1) is 19.3. The monoisotopic (exact) mass is 358 g/mol. The molecule has 7 heteroatoms. The molecule has 0 saturated carbocycles. The molecule has 0 fully saturated rings. The predicted octanol–water partition coefficient (Wildman–Crippen LogP) is 2.20. The van der Waals surface area contributed by atoms with Crippen LogP contribution in [0.4, 0.5) is 11.4 Å². The average Bonchev–Trinajstić information content (AvgIpc) is 2.65. The number of anilines is 2. The number of aliphatic hydroxyl groups excluding tert-OH is 1. The number of hydrogen-bond donors (Lipinski definition) is 3. The maximum absolute atomic E-state index is 12.2. The SMILES string of the molecule is COc1ccc(C)cc1NC(=O)COC(=O)c1ccccc1NCCO. The average molecular weight is 358 g/mol. The molecule has 2 aromatic rings. The number of nitrogens with one attached hydrogen (secondary N) is 2. The number of aliphatic hydroxyl groups is 1. The summed E-state index contributed by atoms with van der Waals surface area (Å²) in [6.45, 7) is 1.71. The molecule has 2 rings (SSSR count). The van der Waals surface area contributed by atoms with E-state index in [1.54, 1.807) is 36.4 Å². The van der Waals surface area contributed by atoms with Crippen molar-refractivity contribution in [1.29, 1.82) is 0 Å². The Labute approximate surface area is 151 Å². The van der Waals surface area contributed by atoms with E-state index in [1.165, 1.54) is 7.11 Å². The van der Waals surface area contributed by atoms with E-state index in [1.807, 2.05) is 13.0 Å². The van der Waals surface area contributed by atoms with Gasteiger partial charge in [-0.05, 0) is 36.8 Å². The van der Waals surface area contributed by atoms with E-state index in [9.17, 15) is 9.59 Å². The predicted molar refractivity (Wildman–Crippen MR) is 98.7 cm³/mol. The summed E-state index contributed by atoms with van der Waals surface area (Å²) in [7, 11) is 1.51. The number of aryl methyl sites for hydroxylation is 1. The molecular formula is C19H22N2O5. The first-order chi connectivity index (χ1) is 12.5. The number of esters is 1. The highest BCUT2D eigenvalue weighted by Gasteiger charge is 2.15. The van der Waals surface area contributed by atoms with Crippen molar-refractivity contribution in [3.63, 3.8) is 0 Å². The standard InChI is InChI=1S/C19H22N2O5/c1-13-7-8-17(25-2)16(11-13)21-18(23)12-26-19(24)14-5-3-4-6-15(14)20-9-10-22/h3-8,11,20,22H,9-10,12H2,1-2H3,(H,21,23). The summed E-state index contributed by atoms with van der Waals surface area (Å²) in [4.78, 5) is 24.3. The molecule has 0 radical (unpaired) electrons. The van der Waals surface area contributed by atoms with Gasteiger partial charge in [-0.1, -0.05) is 18.2 Å². The third kappa shape index (κ3) is 5.22. The van der Waals surface area contributed by atoms with Gasteiger partial charge in [-0.3, -0.25) is 4.79 Å². The Morgan fingerprint density at radius 1 is 1.12 bits per heavy atom. The lowest BCUT2D eigenvalue weighted by Gasteiger charge is -2.12. The van der Waals surface area contributed by atoms with Crippen molar-refractivity contribution in [3.05, 3.63) is 53.6 Å². The molecule has 1 amide bonds. The molecule has 0 aliphatic rings. The summed E-state index contributed by atoms with van der Waals surface area (Å²) in [5, 5.41) is 14.5. The second kappa shape index (κ2) is 9.43. The van der Waals surface area contributed by atoms with Crippen molar-refractivity contribution in [2.24, 2.45) is 0 Å². The molecule has 0 atom stereocenters. The zero-order valence-electron chi connectivity index (χ0n) is 14.7. The van der Waals surface area contributed by atoms with Gasteiger partial charge in [0.15, 0.2) is 6.61 Å². The number of carbonyl (C=O) groups excluding carboxylic acids is 2. The maximum atomic E-state index is 12.2. The number of benzene rings is 2. The van der Waals surface area contributed by atoms with E-state index in [-0.39, 0.29) is 6.61 Å². The lowest BCUT2D eigenvalue weighted by Crippen LogP contribution is -2.22. The number of amides is 1. The first-order valence-electron chi connectivity index (χ1n) is 8.10. The van der Waals surface area contributed by atoms with Crippen LogP contribution in [0.15, 0.2) is 42.5 Å². The molecular weight excluding hydrogens is 336 g/mol. The summed E-state index contributed by atoms with van der Waals surface area (Å²) >= 11 is 0. The van der Waals surface area contributed by atoms with Crippen molar-refractivity contribution < 1.29 is 24.2 Å². The summed E-state index contributed by atoms with van der Waals surface area (Å²) in [6.07, 6.45) is 0. The van der Waals surface area contributed by atoms with Gasteiger partial charge in [0.25, 0.3) is 5.91 Å². The number of para-hydroxylation sites is 1. The van der Waals surface area contributed by atoms with Crippen LogP contribution in [-0.4, -0.2) is 43.9 Å². The molecule has 0 saturated heterocycles. The highest BCUT2D eigenvalue weighted by Crippen LogP contribution is 2.25. The van der Waals surface area contributed by atoms with Crippen molar-refractivity contribution in [1.82, 2.24) is 0 Å². The molecule has 0 aromatic heterocycles. The molecule has 26 heavy (non-hydrogen) atoms. The van der Waals surface area contributed by atoms with E-state index in [2.05, 4.69) is 10.6 Å². The van der Waals surface area contributed by atoms with Crippen LogP contribution in [0.3, 0.4) is 0 Å². The molecule has 138 valence electrons. The summed E-state index contributed by atoms with van der Waals surface area (Å²) in [5.41, 5.74) is 2.30. The van der Waals surface area contributed by atoms with Gasteiger partial charge in [-0.2, -0.15) is 0 Å². The molecule has 0 heterocycles. The molecule has 0 unspecified atom stereocenters. The second-order valence-corrected chi connectivity index (χ2v) is 5.52. The molecule has 0 aliphatic heterocycles. The molecule has 0 bridgehead atoms. The number of ether oxygens (including phenoxy) is 2. The van der Waals surface area contributed by atoms with Crippen molar-refractivity contribution in [2.45, 2.75) is 6.92 Å². The lowest BCUT2D eigenvalue weighted by molar-refractivity contribution is -0.119. The third-order valence-electron chi connectivity index (χ3n) is 3.54. The zero-order valence-corrected chi connectivity index (χ0v) is 14.7. The smallest absolute Gasteiger partial charge is 0.340 e. The topological polar surface area (TPSA) is 96.9 Å². The molecule has 3 N–H and O–H groups in total. The van der Waals surface area contributed by atoms with Gasteiger partial charge >= 0.3 is 5.97 Å². The van der Waals surface area contributed by atoms with Crippen LogP contribution in [0.2, 0.25) is 0 Å². The fourth-order valence-electron chi connectivity index (χ4n) is 2.32. The van der Waals surface area contributed by atoms with Crippen LogP contribution in [0.1, 0.15) is 15.9 Å². The Hall–Kier alpha value is -3.06. The van der Waals surface area contributed by atoms with Gasteiger partial charge in [-0.25, -0.2) is 4.79 Å². The Bertz CT molecular complexity index is 776. The van der Waals surface area contributed by atoms with Crippen molar-refractivity contribution >= 4 is 23.3 Å². The largest absolute Gasteiger partial charge is 0.495 e. The maximum Gasteiger partial charge on any atom is 0.340 e. The molecule has 2 aromatic carbocycles. The Morgan fingerprint density at radius 3 is 2.62 bits per heavy atom. The van der Waals surface area contributed by atoms with Crippen LogP contribution in [0.25, 0.3) is 0 Å². The van der Waals surface area contributed by atoms with Crippen molar-refractivity contribution in [3.8, 4) is 5.75 Å². The minimum Gasteiger partial charge on any atom is -0.495 e. The van der Waals surface area contributed by atoms with E-state index < -0.39 is 18.5 Å². The number of rotatable bonds is 8. The van der Waals surface area contributed by atoms with E-state index in [0.29, 0.717) is 29.2 Å². The lowest BCUT2D eigenvalue weighted by atomic mass is 10.2. The van der Waals surface area contributed by atoms with Crippen LogP contribution in [0.5, 0.6) is 5.75 Å². The summed E-state index contributed by atoms with van der Waals surface area (Å²) in [5.74, 6) is -0.575. The molecule has 0 spiro atoms. The fraction of sp³-hybridized carbons (Fsp3) is 0.263. The van der Waals surface area contributed by atoms with Gasteiger partial charge in [-0.15, -0.1) is 0 Å². The third-order valence-corrected chi connectivity index (χ3v) is 3.54. The highest BCUT2D eigenvalue weighted by molar-refractivity contribution is 5.99. The van der Waals surface area contributed by atoms with Crippen molar-refractivity contribution in [2.75, 3.05) is 37.5 Å². The van der Waals surface area contributed by atoms with E-state index in [4.69, 9.17) is 14.6 Å². The first-order valence-corrected chi connectivity index (χ1v) is 8.10. The Balaban J connectivity index is 1.97. The molecule has 0 aliphatic carbocycles. The molecule has 7 nitrogen and oxygen atoms in total. The number of methoxy groups -OCH3 is 1. The number of carbonyl (C=O) groups is 2. The highest BCUT2D eigenvalue weighted by atomic mass is 16.5. The Kier molecular flexibility index (Phi) is 6.99. The summed E-state index contributed by atoms with van der Waals surface area (Å²) in [6, 6.07) is 12.1. The van der Waals surface area contributed by atoms with Crippen LogP contribution in [0, 0.1) is 6.92 Å². The van der Waals surface area contributed by atoms with Crippen LogP contribution < -0.4 is 15.4 Å². The fourth-order valence-corrected chi connectivity index (χ4v) is 2.32. The van der Waals surface area contributed by atoms with Gasteiger partial charge in [0, 0.05) is 12.2 Å². The van der Waals surface area contributed by atoms with Gasteiger partial charge in [0.05, 0.1) is 25.0 Å². The minimum absolute atomic E-state index is 0.0654. The number of hydrogen-bond acceptors (Lipinski definition) is 6. The normalized spacial score (nSPS) is 10.1. The van der Waals surface area contributed by atoms with E-state index in [0.717, 1.165) is 5.56 Å². The second-order valence-electron chi connectivity index (χ2n) is 5.52. The van der Waals surface area contributed by atoms with Crippen LogP contribution >= 0.6 is 0 Å². The zero-order chi connectivity index (χ0) is 18.9. The van der Waals surface area contributed by atoms with Gasteiger partial charge in [0.2, 0.25) is 0 Å². The van der Waals surface area contributed by atoms with Gasteiger partial charge < -0.3 is 25.2 Å². The minimum atomic E-state index is -0.627. The Morgan fingerprint density at radius 2 is 1.88 bits per heavy atom. The van der Waals surface area contributed by atoms with Crippen LogP contribution in [-0.2, 0) is 9.53 Å². The van der Waals surface area contributed by atoms with E-state index >= 15 is 0 Å². The summed E-state index contributed by atoms with van der Waals surface area (Å²) < 4.78 is 10.3.